The van der Waals surface area contributed by atoms with Gasteiger partial charge in [0.15, 0.2) is 0 Å². The van der Waals surface area contributed by atoms with Crippen LogP contribution in [-0.2, 0) is 28.0 Å². The van der Waals surface area contributed by atoms with Crippen molar-refractivity contribution in [3.05, 3.63) is 52.8 Å². The van der Waals surface area contributed by atoms with E-state index in [9.17, 15) is 0 Å². The summed E-state index contributed by atoms with van der Waals surface area (Å²) in [7, 11) is 0. The molecule has 0 amide bonds. The number of fused-ring (bicyclic) bond motifs is 2. The van der Waals surface area contributed by atoms with Gasteiger partial charge >= 0.3 is 0 Å². The fraction of sp³-hybridized carbons (Fsp3) is 0.545. The Kier molecular flexibility index (Phi) is 4.78. The van der Waals surface area contributed by atoms with Gasteiger partial charge in [0.05, 0.1) is 37.5 Å². The van der Waals surface area contributed by atoms with E-state index in [1.807, 2.05) is 6.20 Å². The molecule has 0 saturated carbocycles. The maximum absolute atomic E-state index is 5.99. The molecule has 148 valence electrons. The fourth-order valence-electron chi connectivity index (χ4n) is 4.66. The van der Waals surface area contributed by atoms with Crippen molar-refractivity contribution in [3.63, 3.8) is 0 Å². The number of hydrogen-bond acceptors (Lipinski definition) is 6. The Hall–Kier alpha value is -2.02. The largest absolute Gasteiger partial charge is 0.378 e. The van der Waals surface area contributed by atoms with Crippen molar-refractivity contribution in [2.24, 2.45) is 0 Å². The number of likely N-dealkylation sites (tertiary alicyclic amines) is 1. The number of aryl methyl sites for hydroxylation is 1. The Labute approximate surface area is 166 Å². The second-order valence-electron chi connectivity index (χ2n) is 8.36. The molecule has 6 nitrogen and oxygen atoms in total. The molecule has 0 N–H and O–H groups in total. The summed E-state index contributed by atoms with van der Waals surface area (Å²) >= 11 is 0. The molecule has 2 saturated heterocycles. The smallest absolute Gasteiger partial charge is 0.225 e. The van der Waals surface area contributed by atoms with E-state index in [1.54, 1.807) is 0 Å². The first kappa shape index (κ1) is 18.0. The van der Waals surface area contributed by atoms with Crippen molar-refractivity contribution in [2.75, 3.05) is 50.9 Å². The molecule has 0 bridgehead atoms. The lowest BCUT2D eigenvalue weighted by Gasteiger charge is -2.35. The van der Waals surface area contributed by atoms with Gasteiger partial charge in [-0.1, -0.05) is 29.8 Å². The molecule has 1 spiro atoms. The number of benzene rings is 1. The Morgan fingerprint density at radius 3 is 2.71 bits per heavy atom. The van der Waals surface area contributed by atoms with E-state index in [1.165, 1.54) is 16.8 Å². The molecule has 1 atom stereocenters. The lowest BCUT2D eigenvalue weighted by atomic mass is 9.80. The Morgan fingerprint density at radius 2 is 1.89 bits per heavy atom. The number of anilines is 1. The van der Waals surface area contributed by atoms with Gasteiger partial charge in [-0.05, 0) is 25.5 Å². The van der Waals surface area contributed by atoms with E-state index in [-0.39, 0.29) is 5.41 Å². The molecule has 28 heavy (non-hydrogen) atoms. The van der Waals surface area contributed by atoms with Crippen LogP contribution in [0.25, 0.3) is 0 Å². The molecule has 0 aliphatic carbocycles. The highest BCUT2D eigenvalue weighted by molar-refractivity contribution is 5.39. The van der Waals surface area contributed by atoms with Gasteiger partial charge in [-0.15, -0.1) is 0 Å². The van der Waals surface area contributed by atoms with E-state index in [2.05, 4.69) is 46.0 Å². The van der Waals surface area contributed by atoms with Crippen molar-refractivity contribution in [1.82, 2.24) is 14.9 Å². The molecule has 5 rings (SSSR count). The minimum atomic E-state index is -0.0116. The van der Waals surface area contributed by atoms with Crippen molar-refractivity contribution >= 4 is 5.95 Å². The summed E-state index contributed by atoms with van der Waals surface area (Å²) in [6.07, 6.45) is 3.07. The summed E-state index contributed by atoms with van der Waals surface area (Å²) in [5.74, 6) is 0.848. The molecule has 1 aromatic carbocycles. The highest BCUT2D eigenvalue weighted by atomic mass is 16.5. The van der Waals surface area contributed by atoms with Crippen molar-refractivity contribution < 1.29 is 9.47 Å². The zero-order chi connectivity index (χ0) is 19.0. The van der Waals surface area contributed by atoms with Crippen molar-refractivity contribution in [2.45, 2.75) is 31.9 Å². The quantitative estimate of drug-likeness (QED) is 0.814. The van der Waals surface area contributed by atoms with Gasteiger partial charge in [-0.3, -0.25) is 4.90 Å². The van der Waals surface area contributed by atoms with E-state index in [4.69, 9.17) is 14.5 Å². The lowest BCUT2D eigenvalue weighted by molar-refractivity contribution is 0.0502. The zero-order valence-electron chi connectivity index (χ0n) is 16.6. The molecule has 4 heterocycles. The topological polar surface area (TPSA) is 50.7 Å². The first-order valence-electron chi connectivity index (χ1n) is 10.3. The van der Waals surface area contributed by atoms with Crippen molar-refractivity contribution in [1.29, 1.82) is 0 Å². The van der Waals surface area contributed by atoms with Crippen LogP contribution in [0, 0.1) is 6.92 Å². The van der Waals surface area contributed by atoms with Gasteiger partial charge in [-0.25, -0.2) is 9.97 Å². The van der Waals surface area contributed by atoms with Crippen LogP contribution in [0.3, 0.4) is 0 Å². The van der Waals surface area contributed by atoms with Crippen molar-refractivity contribution in [3.8, 4) is 0 Å². The van der Waals surface area contributed by atoms with Crippen LogP contribution in [-0.4, -0.2) is 60.9 Å². The third-order valence-electron chi connectivity index (χ3n) is 6.24. The highest BCUT2D eigenvalue weighted by Crippen LogP contribution is 2.40. The van der Waals surface area contributed by atoms with E-state index < -0.39 is 0 Å². The number of aromatic nitrogens is 2. The maximum atomic E-state index is 5.99. The Balaban J connectivity index is 1.38. The first-order chi connectivity index (χ1) is 13.7. The summed E-state index contributed by atoms with van der Waals surface area (Å²) in [6, 6.07) is 8.87. The lowest BCUT2D eigenvalue weighted by Crippen LogP contribution is -2.42. The van der Waals surface area contributed by atoms with Crippen LogP contribution in [0.1, 0.15) is 28.8 Å². The fourth-order valence-corrected chi connectivity index (χ4v) is 4.66. The number of ether oxygens (including phenoxy) is 2. The minimum absolute atomic E-state index is 0.0116. The normalized spacial score (nSPS) is 25.2. The standard InChI is InChI=1S/C22H28N4O2/c1-17-2-4-18(5-3-17)13-25-7-6-22(15-25)16-28-14-19-12-23-21(24-20(19)22)26-8-10-27-11-9-26/h2-5,12H,6-11,13-16H2,1H3/t22-/m1/s1. The number of nitrogens with zero attached hydrogens (tertiary/aromatic N) is 4. The van der Waals surface area contributed by atoms with Crippen LogP contribution in [0.15, 0.2) is 30.5 Å². The zero-order valence-corrected chi connectivity index (χ0v) is 16.6. The number of rotatable bonds is 3. The predicted octanol–water partition coefficient (Wildman–Crippen LogP) is 2.30. The second kappa shape index (κ2) is 7.43. The summed E-state index contributed by atoms with van der Waals surface area (Å²) in [5, 5.41) is 0. The highest BCUT2D eigenvalue weighted by Gasteiger charge is 2.45. The second-order valence-corrected chi connectivity index (χ2v) is 8.36. The summed E-state index contributed by atoms with van der Waals surface area (Å²) in [6.45, 7) is 9.79. The molecule has 6 heteroatoms. The number of hydrogen-bond donors (Lipinski definition) is 0. The monoisotopic (exact) mass is 380 g/mol. The van der Waals surface area contributed by atoms with Crippen LogP contribution >= 0.6 is 0 Å². The molecule has 2 fully saturated rings. The molecule has 3 aliphatic heterocycles. The van der Waals surface area contributed by atoms with E-state index >= 15 is 0 Å². The van der Waals surface area contributed by atoms with Crippen LogP contribution in [0.5, 0.6) is 0 Å². The van der Waals surface area contributed by atoms with Gasteiger partial charge in [0.25, 0.3) is 0 Å². The average molecular weight is 380 g/mol. The van der Waals surface area contributed by atoms with E-state index in [0.717, 1.165) is 70.5 Å². The van der Waals surface area contributed by atoms with Crippen LogP contribution < -0.4 is 4.90 Å². The van der Waals surface area contributed by atoms with Crippen LogP contribution in [0.4, 0.5) is 5.95 Å². The Morgan fingerprint density at radius 1 is 1.07 bits per heavy atom. The molecular weight excluding hydrogens is 352 g/mol. The third-order valence-corrected chi connectivity index (χ3v) is 6.24. The molecule has 2 aromatic rings. The Bertz CT molecular complexity index is 835. The summed E-state index contributed by atoms with van der Waals surface area (Å²) in [4.78, 5) is 14.5. The third kappa shape index (κ3) is 3.41. The predicted molar refractivity (Wildman–Crippen MR) is 107 cm³/mol. The van der Waals surface area contributed by atoms with Gasteiger partial charge in [0.2, 0.25) is 5.95 Å². The molecule has 3 aliphatic rings. The van der Waals surface area contributed by atoms with Gasteiger partial charge in [0, 0.05) is 37.9 Å². The maximum Gasteiger partial charge on any atom is 0.225 e. The van der Waals surface area contributed by atoms with Gasteiger partial charge in [-0.2, -0.15) is 0 Å². The molecule has 0 unspecified atom stereocenters. The van der Waals surface area contributed by atoms with Crippen LogP contribution in [0.2, 0.25) is 0 Å². The molecule has 0 radical (unpaired) electrons. The molecule has 1 aromatic heterocycles. The summed E-state index contributed by atoms with van der Waals surface area (Å²) in [5.41, 5.74) is 5.03. The molecular formula is C22H28N4O2. The van der Waals surface area contributed by atoms with Gasteiger partial charge < -0.3 is 14.4 Å². The SMILES string of the molecule is Cc1ccc(CN2CC[C@]3(COCc4cnc(N5CCOCC5)nc43)C2)cc1. The van der Waals surface area contributed by atoms with E-state index in [0.29, 0.717) is 6.61 Å². The number of morpholine rings is 1. The first-order valence-corrected chi connectivity index (χ1v) is 10.3. The minimum Gasteiger partial charge on any atom is -0.378 e. The summed E-state index contributed by atoms with van der Waals surface area (Å²) < 4.78 is 11.5. The van der Waals surface area contributed by atoms with Gasteiger partial charge in [0.1, 0.15) is 0 Å². The average Bonchev–Trinajstić information content (AvgIpc) is 3.13.